The van der Waals surface area contributed by atoms with Crippen molar-refractivity contribution in [2.45, 2.75) is 18.7 Å². The molecule has 1 aromatic carbocycles. The molecule has 0 radical (unpaired) electrons. The van der Waals surface area contributed by atoms with Crippen LogP contribution < -0.4 is 0 Å². The van der Waals surface area contributed by atoms with Gasteiger partial charge in [-0.2, -0.15) is 4.31 Å². The number of piperazine rings is 1. The van der Waals surface area contributed by atoms with Crippen LogP contribution in [0, 0.1) is 10.1 Å². The highest BCUT2D eigenvalue weighted by Crippen LogP contribution is 2.22. The quantitative estimate of drug-likeness (QED) is 0.462. The van der Waals surface area contributed by atoms with E-state index in [4.69, 9.17) is 0 Å². The van der Waals surface area contributed by atoms with Crippen LogP contribution in [-0.4, -0.2) is 54.6 Å². The van der Waals surface area contributed by atoms with Gasteiger partial charge in [0, 0.05) is 44.4 Å². The van der Waals surface area contributed by atoms with Crippen LogP contribution in [0.3, 0.4) is 0 Å². The lowest BCUT2D eigenvalue weighted by Gasteiger charge is -2.33. The van der Waals surface area contributed by atoms with Gasteiger partial charge in [0.15, 0.2) is 0 Å². The molecule has 1 aliphatic rings. The number of rotatable bonds is 4. The number of amides is 1. The van der Waals surface area contributed by atoms with Crippen LogP contribution >= 0.6 is 0 Å². The summed E-state index contributed by atoms with van der Waals surface area (Å²) in [6, 6.07) is 4.98. The third kappa shape index (κ3) is 3.98. The van der Waals surface area contributed by atoms with E-state index in [-0.39, 0.29) is 42.7 Å². The van der Waals surface area contributed by atoms with Gasteiger partial charge in [-0.1, -0.05) is 11.6 Å². The van der Waals surface area contributed by atoms with E-state index in [2.05, 4.69) is 0 Å². The highest BCUT2D eigenvalue weighted by Gasteiger charge is 2.30. The number of allylic oxidation sites excluding steroid dienone is 1. The predicted octanol–water partition coefficient (Wildman–Crippen LogP) is 1.39. The molecular formula is C15H19N3O5S. The normalized spacial score (nSPS) is 15.8. The molecule has 8 nitrogen and oxygen atoms in total. The molecule has 0 atom stereocenters. The van der Waals surface area contributed by atoms with E-state index in [1.807, 2.05) is 13.8 Å². The van der Waals surface area contributed by atoms with E-state index in [1.165, 1.54) is 28.6 Å². The van der Waals surface area contributed by atoms with Crippen LogP contribution in [0.1, 0.15) is 13.8 Å². The third-order valence-corrected chi connectivity index (χ3v) is 5.52. The summed E-state index contributed by atoms with van der Waals surface area (Å²) in [5.41, 5.74) is 0.611. The molecule has 0 unspecified atom stereocenters. The van der Waals surface area contributed by atoms with Crippen molar-refractivity contribution in [3.8, 4) is 0 Å². The first-order valence-corrected chi connectivity index (χ1v) is 8.84. The van der Waals surface area contributed by atoms with E-state index >= 15 is 0 Å². The lowest BCUT2D eigenvalue weighted by Crippen LogP contribution is -2.50. The molecule has 9 heteroatoms. The molecule has 1 fully saturated rings. The Morgan fingerprint density at radius 3 is 2.38 bits per heavy atom. The lowest BCUT2D eigenvalue weighted by atomic mass is 10.3. The third-order valence-electron chi connectivity index (χ3n) is 3.63. The van der Waals surface area contributed by atoms with Crippen LogP contribution in [0.15, 0.2) is 40.8 Å². The predicted molar refractivity (Wildman–Crippen MR) is 87.9 cm³/mol. The van der Waals surface area contributed by atoms with Gasteiger partial charge in [0.05, 0.1) is 9.82 Å². The number of benzene rings is 1. The molecule has 2 rings (SSSR count). The van der Waals surface area contributed by atoms with Crippen molar-refractivity contribution in [2.75, 3.05) is 26.2 Å². The first-order chi connectivity index (χ1) is 11.2. The molecule has 130 valence electrons. The zero-order valence-corrected chi connectivity index (χ0v) is 14.3. The van der Waals surface area contributed by atoms with Crippen LogP contribution in [0.25, 0.3) is 0 Å². The molecule has 1 saturated heterocycles. The second kappa shape index (κ2) is 7.10. The van der Waals surface area contributed by atoms with Crippen LogP contribution in [-0.2, 0) is 14.8 Å². The summed E-state index contributed by atoms with van der Waals surface area (Å²) in [6.07, 6.45) is 1.52. The fourth-order valence-corrected chi connectivity index (χ4v) is 3.86. The fraction of sp³-hybridized carbons (Fsp3) is 0.400. The maximum Gasteiger partial charge on any atom is 0.270 e. The summed E-state index contributed by atoms with van der Waals surface area (Å²) >= 11 is 0. The Balaban J connectivity index is 2.13. The summed E-state index contributed by atoms with van der Waals surface area (Å²) < 4.78 is 26.5. The Bertz CT molecular complexity index is 776. The van der Waals surface area contributed by atoms with E-state index in [0.717, 1.165) is 11.6 Å². The summed E-state index contributed by atoms with van der Waals surface area (Å²) in [7, 11) is -3.81. The average Bonchev–Trinajstić information content (AvgIpc) is 2.54. The lowest BCUT2D eigenvalue weighted by molar-refractivity contribution is -0.385. The van der Waals surface area contributed by atoms with E-state index < -0.39 is 14.9 Å². The molecule has 0 aliphatic carbocycles. The number of carbonyl (C=O) groups excluding carboxylic acids is 1. The molecule has 1 heterocycles. The second-order valence-corrected chi connectivity index (χ2v) is 7.64. The van der Waals surface area contributed by atoms with Crippen molar-refractivity contribution >= 4 is 21.6 Å². The number of nitro groups is 1. The smallest absolute Gasteiger partial charge is 0.270 e. The van der Waals surface area contributed by atoms with Crippen LogP contribution in [0.4, 0.5) is 5.69 Å². The number of nitrogens with zero attached hydrogens (tertiary/aromatic N) is 3. The first-order valence-electron chi connectivity index (χ1n) is 7.40. The van der Waals surface area contributed by atoms with Crippen molar-refractivity contribution in [3.63, 3.8) is 0 Å². The Morgan fingerprint density at radius 2 is 1.83 bits per heavy atom. The van der Waals surface area contributed by atoms with Gasteiger partial charge in [-0.25, -0.2) is 8.42 Å². The minimum atomic E-state index is -3.81. The van der Waals surface area contributed by atoms with Gasteiger partial charge in [-0.05, 0) is 19.9 Å². The monoisotopic (exact) mass is 353 g/mol. The first kappa shape index (κ1) is 18.1. The minimum Gasteiger partial charge on any atom is -0.337 e. The van der Waals surface area contributed by atoms with Crippen LogP contribution in [0.5, 0.6) is 0 Å². The summed E-state index contributed by atoms with van der Waals surface area (Å²) in [5, 5.41) is 10.8. The number of carbonyl (C=O) groups is 1. The number of hydrogen-bond donors (Lipinski definition) is 0. The number of sulfonamides is 1. The molecular weight excluding hydrogens is 334 g/mol. The topological polar surface area (TPSA) is 101 Å². The van der Waals surface area contributed by atoms with E-state index in [0.29, 0.717) is 0 Å². The summed E-state index contributed by atoms with van der Waals surface area (Å²) in [5.74, 6) is -0.137. The molecule has 0 aromatic heterocycles. The zero-order chi connectivity index (χ0) is 17.9. The van der Waals surface area contributed by atoms with Crippen LogP contribution in [0.2, 0.25) is 0 Å². The van der Waals surface area contributed by atoms with Crippen molar-refractivity contribution in [3.05, 3.63) is 46.0 Å². The average molecular weight is 353 g/mol. The van der Waals surface area contributed by atoms with Crippen molar-refractivity contribution < 1.29 is 18.1 Å². The van der Waals surface area contributed by atoms with E-state index in [9.17, 15) is 23.3 Å². The Morgan fingerprint density at radius 1 is 1.21 bits per heavy atom. The van der Waals surface area contributed by atoms with Crippen molar-refractivity contribution in [1.82, 2.24) is 9.21 Å². The Labute approximate surface area is 140 Å². The molecule has 1 aromatic rings. The van der Waals surface area contributed by atoms with Gasteiger partial charge in [-0.15, -0.1) is 0 Å². The zero-order valence-electron chi connectivity index (χ0n) is 13.5. The maximum absolute atomic E-state index is 12.6. The molecule has 1 aliphatic heterocycles. The molecule has 24 heavy (non-hydrogen) atoms. The molecule has 1 amide bonds. The highest BCUT2D eigenvalue weighted by molar-refractivity contribution is 7.89. The summed E-state index contributed by atoms with van der Waals surface area (Å²) in [6.45, 7) is 4.54. The second-order valence-electron chi connectivity index (χ2n) is 5.71. The Hall–Kier alpha value is -2.26. The molecule has 0 spiro atoms. The summed E-state index contributed by atoms with van der Waals surface area (Å²) in [4.78, 5) is 23.6. The van der Waals surface area contributed by atoms with Gasteiger partial charge in [0.25, 0.3) is 5.69 Å². The Kier molecular flexibility index (Phi) is 5.35. The van der Waals surface area contributed by atoms with Gasteiger partial charge in [0.1, 0.15) is 0 Å². The van der Waals surface area contributed by atoms with E-state index in [1.54, 1.807) is 4.90 Å². The highest BCUT2D eigenvalue weighted by atomic mass is 32.2. The van der Waals surface area contributed by atoms with Gasteiger partial charge in [-0.3, -0.25) is 14.9 Å². The number of hydrogen-bond acceptors (Lipinski definition) is 5. The number of non-ortho nitro benzene ring substituents is 1. The van der Waals surface area contributed by atoms with Gasteiger partial charge >= 0.3 is 0 Å². The molecule has 0 bridgehead atoms. The van der Waals surface area contributed by atoms with Crippen molar-refractivity contribution in [2.24, 2.45) is 0 Å². The minimum absolute atomic E-state index is 0.110. The maximum atomic E-state index is 12.6. The van der Waals surface area contributed by atoms with Gasteiger partial charge in [0.2, 0.25) is 15.9 Å². The molecule has 0 saturated carbocycles. The van der Waals surface area contributed by atoms with Gasteiger partial charge < -0.3 is 4.90 Å². The SMILES string of the molecule is CC(C)=CC(=O)N1CCN(S(=O)(=O)c2cccc([N+](=O)[O-])c2)CC1. The van der Waals surface area contributed by atoms with Crippen molar-refractivity contribution in [1.29, 1.82) is 0 Å². The fourth-order valence-electron chi connectivity index (χ4n) is 2.39. The largest absolute Gasteiger partial charge is 0.337 e. The standard InChI is InChI=1S/C15H19N3O5S/c1-12(2)10-15(19)16-6-8-17(9-7-16)24(22,23)14-5-3-4-13(11-14)18(20)21/h3-5,10-11H,6-9H2,1-2H3. The number of nitro benzene ring substituents is 1. The molecule has 0 N–H and O–H groups in total.